The first-order valence-electron chi connectivity index (χ1n) is 9.90. The number of rotatable bonds is 8. The molecular formula is C25H24O5. The van der Waals surface area contributed by atoms with Crippen molar-refractivity contribution in [1.29, 1.82) is 0 Å². The summed E-state index contributed by atoms with van der Waals surface area (Å²) in [6.07, 6.45) is 0.312. The molecule has 0 aromatic heterocycles. The molecule has 1 fully saturated rings. The van der Waals surface area contributed by atoms with Crippen molar-refractivity contribution in [2.45, 2.75) is 26.1 Å². The molecule has 0 amide bonds. The molecule has 4 rings (SSSR count). The first-order chi connectivity index (χ1) is 14.5. The quantitative estimate of drug-likeness (QED) is 0.566. The van der Waals surface area contributed by atoms with E-state index in [1.54, 1.807) is 13.2 Å². The van der Waals surface area contributed by atoms with Crippen LogP contribution in [0.2, 0.25) is 0 Å². The molecule has 30 heavy (non-hydrogen) atoms. The van der Waals surface area contributed by atoms with Gasteiger partial charge < -0.3 is 19.3 Å². The Balaban J connectivity index is 1.36. The fourth-order valence-corrected chi connectivity index (χ4v) is 3.41. The topological polar surface area (TPSA) is 65.0 Å². The lowest BCUT2D eigenvalue weighted by molar-refractivity contribution is -0.139. The van der Waals surface area contributed by atoms with Crippen LogP contribution in [0.3, 0.4) is 0 Å². The molecule has 0 saturated heterocycles. The summed E-state index contributed by atoms with van der Waals surface area (Å²) in [5.74, 6) is 0.970. The Kier molecular flexibility index (Phi) is 5.61. The minimum Gasteiger partial charge on any atom is -0.497 e. The second-order valence-electron chi connectivity index (χ2n) is 7.48. The first-order valence-corrected chi connectivity index (χ1v) is 9.90. The van der Waals surface area contributed by atoms with E-state index in [9.17, 15) is 4.79 Å². The van der Waals surface area contributed by atoms with Gasteiger partial charge in [-0.25, -0.2) is 0 Å². The van der Waals surface area contributed by atoms with Crippen molar-refractivity contribution in [1.82, 2.24) is 0 Å². The van der Waals surface area contributed by atoms with Crippen LogP contribution >= 0.6 is 0 Å². The zero-order valence-electron chi connectivity index (χ0n) is 17.0. The van der Waals surface area contributed by atoms with Crippen molar-refractivity contribution >= 4 is 5.97 Å². The van der Waals surface area contributed by atoms with Gasteiger partial charge in [-0.2, -0.15) is 0 Å². The van der Waals surface area contributed by atoms with E-state index in [0.717, 1.165) is 22.4 Å². The van der Waals surface area contributed by atoms with Gasteiger partial charge in [0.15, 0.2) is 0 Å². The largest absolute Gasteiger partial charge is 0.497 e. The molecule has 3 aromatic rings. The van der Waals surface area contributed by atoms with Crippen LogP contribution < -0.4 is 14.2 Å². The maximum Gasteiger partial charge on any atom is 0.310 e. The summed E-state index contributed by atoms with van der Waals surface area (Å²) < 4.78 is 16.9. The van der Waals surface area contributed by atoms with E-state index in [4.69, 9.17) is 19.3 Å². The van der Waals surface area contributed by atoms with E-state index in [2.05, 4.69) is 37.3 Å². The van der Waals surface area contributed by atoms with Crippen molar-refractivity contribution in [3.8, 4) is 28.4 Å². The monoisotopic (exact) mass is 404 g/mol. The summed E-state index contributed by atoms with van der Waals surface area (Å²) >= 11 is 0. The number of hydrogen-bond donors (Lipinski definition) is 1. The SMILES string of the molecule is COc1ccc(-c2ccc(COc3cccc(O[C@@H]4CC4C(=O)O)c3)cc2)c(C)c1. The van der Waals surface area contributed by atoms with Gasteiger partial charge in [0.1, 0.15) is 30.0 Å². The molecule has 3 aromatic carbocycles. The summed E-state index contributed by atoms with van der Waals surface area (Å²) in [6, 6.07) is 21.7. The van der Waals surface area contributed by atoms with Crippen LogP contribution in [-0.4, -0.2) is 24.3 Å². The van der Waals surface area contributed by atoms with Gasteiger partial charge in [-0.3, -0.25) is 4.79 Å². The van der Waals surface area contributed by atoms with Gasteiger partial charge in [0, 0.05) is 12.5 Å². The zero-order valence-corrected chi connectivity index (χ0v) is 17.0. The number of carboxylic acids is 1. The summed E-state index contributed by atoms with van der Waals surface area (Å²) in [5.41, 5.74) is 4.54. The lowest BCUT2D eigenvalue weighted by Gasteiger charge is -2.11. The lowest BCUT2D eigenvalue weighted by Crippen LogP contribution is -2.07. The third-order valence-corrected chi connectivity index (χ3v) is 5.25. The highest BCUT2D eigenvalue weighted by Crippen LogP contribution is 2.36. The normalized spacial score (nSPS) is 17.3. The van der Waals surface area contributed by atoms with Crippen LogP contribution in [0, 0.1) is 12.8 Å². The molecule has 0 bridgehead atoms. The fourth-order valence-electron chi connectivity index (χ4n) is 3.41. The third-order valence-electron chi connectivity index (χ3n) is 5.25. The molecule has 0 aliphatic heterocycles. The lowest BCUT2D eigenvalue weighted by atomic mass is 9.99. The molecule has 1 saturated carbocycles. The molecule has 0 radical (unpaired) electrons. The number of carbonyl (C=O) groups is 1. The number of aryl methyl sites for hydroxylation is 1. The Hall–Kier alpha value is -3.47. The van der Waals surface area contributed by atoms with E-state index in [-0.39, 0.29) is 6.10 Å². The molecule has 5 nitrogen and oxygen atoms in total. The predicted molar refractivity (Wildman–Crippen MR) is 114 cm³/mol. The van der Waals surface area contributed by atoms with E-state index >= 15 is 0 Å². The molecule has 0 spiro atoms. The van der Waals surface area contributed by atoms with Crippen LogP contribution in [-0.2, 0) is 11.4 Å². The average molecular weight is 404 g/mol. The van der Waals surface area contributed by atoms with Crippen LogP contribution in [0.15, 0.2) is 66.7 Å². The fraction of sp³-hybridized carbons (Fsp3) is 0.240. The van der Waals surface area contributed by atoms with Gasteiger partial charge in [-0.05, 0) is 53.4 Å². The molecule has 1 N–H and O–H groups in total. The highest BCUT2D eigenvalue weighted by Gasteiger charge is 2.45. The van der Waals surface area contributed by atoms with Crippen LogP contribution in [0.5, 0.6) is 17.2 Å². The number of benzene rings is 3. The number of aliphatic carboxylic acids is 1. The van der Waals surface area contributed by atoms with Crippen molar-refractivity contribution in [3.63, 3.8) is 0 Å². The molecule has 1 aliphatic carbocycles. The molecule has 1 aliphatic rings. The van der Waals surface area contributed by atoms with Gasteiger partial charge in [0.25, 0.3) is 0 Å². The standard InChI is InChI=1S/C25H24O5/c1-16-12-19(28-2)10-11-22(16)18-8-6-17(7-9-18)15-29-20-4-3-5-21(13-20)30-24-14-23(24)25(26)27/h3-13,23-24H,14-15H2,1-2H3,(H,26,27)/t23?,24-/m1/s1. The summed E-state index contributed by atoms with van der Waals surface area (Å²) in [4.78, 5) is 10.9. The van der Waals surface area contributed by atoms with Gasteiger partial charge in [-0.1, -0.05) is 36.4 Å². The van der Waals surface area contributed by atoms with Crippen molar-refractivity contribution in [2.75, 3.05) is 7.11 Å². The Morgan fingerprint density at radius 1 is 1.00 bits per heavy atom. The second-order valence-corrected chi connectivity index (χ2v) is 7.48. The van der Waals surface area contributed by atoms with Gasteiger partial charge in [-0.15, -0.1) is 0 Å². The third kappa shape index (κ3) is 4.57. The Bertz CT molecular complexity index is 1040. The summed E-state index contributed by atoms with van der Waals surface area (Å²) in [5, 5.41) is 8.99. The van der Waals surface area contributed by atoms with Crippen molar-refractivity contribution in [3.05, 3.63) is 77.9 Å². The second kappa shape index (κ2) is 8.49. The number of methoxy groups -OCH3 is 1. The molecular weight excluding hydrogens is 380 g/mol. The molecule has 2 atom stereocenters. The minimum atomic E-state index is -0.805. The zero-order chi connectivity index (χ0) is 21.1. The van der Waals surface area contributed by atoms with E-state index in [1.165, 1.54) is 5.56 Å². The Morgan fingerprint density at radius 2 is 1.77 bits per heavy atom. The van der Waals surface area contributed by atoms with Crippen LogP contribution in [0.25, 0.3) is 11.1 Å². The number of ether oxygens (including phenoxy) is 3. The van der Waals surface area contributed by atoms with Gasteiger partial charge >= 0.3 is 5.97 Å². The number of carboxylic acid groups (broad SMARTS) is 1. The van der Waals surface area contributed by atoms with E-state index in [1.807, 2.05) is 30.3 Å². The van der Waals surface area contributed by atoms with Crippen LogP contribution in [0.4, 0.5) is 0 Å². The number of hydrogen-bond acceptors (Lipinski definition) is 4. The predicted octanol–water partition coefficient (Wildman–Crippen LogP) is 5.10. The highest BCUT2D eigenvalue weighted by atomic mass is 16.5. The molecule has 0 heterocycles. The van der Waals surface area contributed by atoms with Crippen LogP contribution in [0.1, 0.15) is 17.5 Å². The summed E-state index contributed by atoms with van der Waals surface area (Å²) in [7, 11) is 1.67. The minimum absolute atomic E-state index is 0.244. The highest BCUT2D eigenvalue weighted by molar-refractivity contribution is 5.74. The molecule has 5 heteroatoms. The van der Waals surface area contributed by atoms with Crippen molar-refractivity contribution < 1.29 is 24.1 Å². The van der Waals surface area contributed by atoms with E-state index in [0.29, 0.717) is 24.5 Å². The summed E-state index contributed by atoms with van der Waals surface area (Å²) in [6.45, 7) is 2.51. The van der Waals surface area contributed by atoms with Gasteiger partial charge in [0.05, 0.1) is 13.0 Å². The smallest absolute Gasteiger partial charge is 0.310 e. The van der Waals surface area contributed by atoms with E-state index < -0.39 is 11.9 Å². The maximum absolute atomic E-state index is 10.9. The molecule has 1 unspecified atom stereocenters. The Morgan fingerprint density at radius 3 is 2.43 bits per heavy atom. The maximum atomic E-state index is 10.9. The average Bonchev–Trinajstić information content (AvgIpc) is 3.52. The molecule has 154 valence electrons. The van der Waals surface area contributed by atoms with Gasteiger partial charge in [0.2, 0.25) is 0 Å². The first kappa shape index (κ1) is 19.8. The van der Waals surface area contributed by atoms with Crippen molar-refractivity contribution in [2.24, 2.45) is 5.92 Å². The Labute approximate surface area is 175 Å².